The van der Waals surface area contributed by atoms with Crippen molar-refractivity contribution in [3.63, 3.8) is 0 Å². The normalized spacial score (nSPS) is 26.1. The predicted molar refractivity (Wildman–Crippen MR) is 124 cm³/mol. The molecule has 0 spiro atoms. The smallest absolute Gasteiger partial charge is 0.252 e. The molecule has 1 amide bonds. The molecule has 0 fully saturated rings. The number of likely N-dealkylation sites (N-methyl/N-ethyl adjacent to an activating group) is 1. The third kappa shape index (κ3) is 2.73. The monoisotopic (exact) mass is 430 g/mol. The van der Waals surface area contributed by atoms with Crippen LogP contribution < -0.4 is 5.32 Å². The van der Waals surface area contributed by atoms with Crippen molar-refractivity contribution in [2.75, 3.05) is 7.05 Å². The van der Waals surface area contributed by atoms with E-state index in [4.69, 9.17) is 0 Å². The van der Waals surface area contributed by atoms with Crippen LogP contribution in [0.4, 0.5) is 0 Å². The molecule has 0 bridgehead atoms. The van der Waals surface area contributed by atoms with E-state index in [0.29, 0.717) is 0 Å². The number of carbonyl (C=O) groups is 1. The highest BCUT2D eigenvalue weighted by Gasteiger charge is 2.54. The second-order valence-electron chi connectivity index (χ2n) is 9.71. The largest absolute Gasteiger partial charge is 0.362 e. The lowest BCUT2D eigenvalue weighted by Gasteiger charge is -2.51. The van der Waals surface area contributed by atoms with Gasteiger partial charge in [0.25, 0.3) is 5.91 Å². The van der Waals surface area contributed by atoms with Crippen LogP contribution in [0.15, 0.2) is 63.7 Å². The van der Waals surface area contributed by atoms with Gasteiger partial charge in [-0.1, -0.05) is 25.1 Å². The standard InChI is InChI=1S/C25H30N6O/c1-7-25(17-10-8-9-16(11-17)18-14-30(5)29-15(18)2)19-13-26-28-22(19)27-20-12-24(3,4)31(6)23(32)21(20)25/h8-11,13-14,22,27H,7,12H2,1-6H3/t22?,25-/m1/s1. The highest BCUT2D eigenvalue weighted by atomic mass is 16.2. The number of fused-ring (bicyclic) bond motifs is 1. The van der Waals surface area contributed by atoms with E-state index in [1.54, 1.807) is 0 Å². The van der Waals surface area contributed by atoms with Gasteiger partial charge >= 0.3 is 0 Å². The van der Waals surface area contributed by atoms with Gasteiger partial charge in [0, 0.05) is 49.1 Å². The lowest BCUT2D eigenvalue weighted by atomic mass is 9.61. The van der Waals surface area contributed by atoms with Crippen LogP contribution in [0.5, 0.6) is 0 Å². The van der Waals surface area contributed by atoms with Crippen LogP contribution in [-0.4, -0.2) is 39.3 Å². The minimum atomic E-state index is -0.581. The number of aromatic nitrogens is 2. The molecule has 3 aliphatic rings. The fourth-order valence-corrected chi connectivity index (χ4v) is 5.56. The Morgan fingerprint density at radius 3 is 2.72 bits per heavy atom. The Labute approximate surface area is 188 Å². The molecule has 7 nitrogen and oxygen atoms in total. The molecule has 5 rings (SSSR count). The van der Waals surface area contributed by atoms with Crippen LogP contribution >= 0.6 is 0 Å². The molecule has 2 atom stereocenters. The summed E-state index contributed by atoms with van der Waals surface area (Å²) in [7, 11) is 3.85. The van der Waals surface area contributed by atoms with Crippen molar-refractivity contribution >= 4 is 5.91 Å². The van der Waals surface area contributed by atoms with Gasteiger partial charge in [-0.15, -0.1) is 0 Å². The van der Waals surface area contributed by atoms with E-state index in [1.165, 1.54) is 0 Å². The second kappa shape index (κ2) is 6.89. The van der Waals surface area contributed by atoms with Crippen molar-refractivity contribution in [2.45, 2.75) is 57.7 Å². The zero-order valence-electron chi connectivity index (χ0n) is 19.6. The number of hydrogen-bond acceptors (Lipinski definition) is 5. The van der Waals surface area contributed by atoms with Gasteiger partial charge in [-0.2, -0.15) is 15.3 Å². The van der Waals surface area contributed by atoms with E-state index < -0.39 is 5.41 Å². The average Bonchev–Trinajstić information content (AvgIpc) is 3.36. The lowest BCUT2D eigenvalue weighted by Crippen LogP contribution is -2.58. The summed E-state index contributed by atoms with van der Waals surface area (Å²) in [5.41, 5.74) is 6.29. The Morgan fingerprint density at radius 1 is 1.25 bits per heavy atom. The Bertz CT molecular complexity index is 1220. The Kier molecular flexibility index (Phi) is 4.45. The van der Waals surface area contributed by atoms with Crippen molar-refractivity contribution in [3.8, 4) is 11.1 Å². The van der Waals surface area contributed by atoms with Crippen LogP contribution in [-0.2, 0) is 17.3 Å². The van der Waals surface area contributed by atoms with Crippen molar-refractivity contribution in [1.29, 1.82) is 0 Å². The van der Waals surface area contributed by atoms with Crippen LogP contribution in [0.2, 0.25) is 0 Å². The number of aryl methyl sites for hydroxylation is 2. The first kappa shape index (κ1) is 20.7. The molecule has 0 saturated carbocycles. The van der Waals surface area contributed by atoms with E-state index in [0.717, 1.165) is 52.1 Å². The number of nitrogens with zero attached hydrogens (tertiary/aromatic N) is 5. The van der Waals surface area contributed by atoms with Crippen LogP contribution in [0.1, 0.15) is 44.9 Å². The maximum Gasteiger partial charge on any atom is 0.252 e. The van der Waals surface area contributed by atoms with Gasteiger partial charge in [0.1, 0.15) is 0 Å². The topological polar surface area (TPSA) is 74.9 Å². The number of carbonyl (C=O) groups excluding carboxylic acids is 1. The molecule has 1 N–H and O–H groups in total. The third-order valence-corrected chi connectivity index (χ3v) is 7.45. The molecule has 166 valence electrons. The minimum Gasteiger partial charge on any atom is -0.362 e. The fraction of sp³-hybridized carbons (Fsp3) is 0.440. The van der Waals surface area contributed by atoms with Crippen LogP contribution in [0.25, 0.3) is 11.1 Å². The highest BCUT2D eigenvalue weighted by molar-refractivity contribution is 6.00. The van der Waals surface area contributed by atoms with E-state index in [9.17, 15) is 4.79 Å². The van der Waals surface area contributed by atoms with E-state index in [-0.39, 0.29) is 17.6 Å². The molecule has 32 heavy (non-hydrogen) atoms. The first-order valence-electron chi connectivity index (χ1n) is 11.2. The number of benzene rings is 1. The summed E-state index contributed by atoms with van der Waals surface area (Å²) in [5, 5.41) is 16.8. The van der Waals surface area contributed by atoms with Gasteiger partial charge in [0.2, 0.25) is 0 Å². The quantitative estimate of drug-likeness (QED) is 0.792. The summed E-state index contributed by atoms with van der Waals surface area (Å²) in [6.07, 6.45) is 5.16. The average molecular weight is 431 g/mol. The van der Waals surface area contributed by atoms with Gasteiger partial charge in [-0.3, -0.25) is 9.48 Å². The molecule has 4 heterocycles. The van der Waals surface area contributed by atoms with Gasteiger partial charge in [-0.25, -0.2) is 0 Å². The summed E-state index contributed by atoms with van der Waals surface area (Å²) in [4.78, 5) is 15.7. The Balaban J connectivity index is 1.76. The highest BCUT2D eigenvalue weighted by Crippen LogP contribution is 2.52. The van der Waals surface area contributed by atoms with Gasteiger partial charge < -0.3 is 10.2 Å². The number of hydrogen-bond donors (Lipinski definition) is 1. The van der Waals surface area contributed by atoms with Crippen LogP contribution in [0, 0.1) is 6.92 Å². The zero-order chi connectivity index (χ0) is 22.8. The minimum absolute atomic E-state index is 0.0693. The number of nitrogens with one attached hydrogen (secondary N) is 1. The second-order valence-corrected chi connectivity index (χ2v) is 9.71. The Morgan fingerprint density at radius 2 is 2.03 bits per heavy atom. The molecular formula is C25H30N6O. The lowest BCUT2D eigenvalue weighted by molar-refractivity contribution is -0.132. The maximum atomic E-state index is 13.9. The van der Waals surface area contributed by atoms with E-state index >= 15 is 0 Å². The maximum absolute atomic E-state index is 13.9. The summed E-state index contributed by atoms with van der Waals surface area (Å²) in [6.45, 7) is 8.40. The summed E-state index contributed by atoms with van der Waals surface area (Å²) < 4.78 is 1.84. The molecule has 1 aromatic carbocycles. The molecule has 3 aliphatic heterocycles. The number of amides is 1. The first-order valence-corrected chi connectivity index (χ1v) is 11.2. The first-order chi connectivity index (χ1) is 15.2. The van der Waals surface area contributed by atoms with Crippen molar-refractivity contribution in [2.24, 2.45) is 17.3 Å². The summed E-state index contributed by atoms with van der Waals surface area (Å²) in [6, 6.07) is 8.54. The van der Waals surface area contributed by atoms with Crippen molar-refractivity contribution in [1.82, 2.24) is 20.0 Å². The summed E-state index contributed by atoms with van der Waals surface area (Å²) >= 11 is 0. The molecule has 1 aromatic heterocycles. The summed E-state index contributed by atoms with van der Waals surface area (Å²) in [5.74, 6) is 0.0693. The third-order valence-electron chi connectivity index (χ3n) is 7.45. The van der Waals surface area contributed by atoms with Gasteiger partial charge in [-0.05, 0) is 44.4 Å². The van der Waals surface area contributed by atoms with Gasteiger partial charge in [0.05, 0.1) is 22.9 Å². The molecule has 0 saturated heterocycles. The molecule has 0 radical (unpaired) electrons. The molecule has 0 aliphatic carbocycles. The predicted octanol–water partition coefficient (Wildman–Crippen LogP) is 4.22. The van der Waals surface area contributed by atoms with Crippen molar-refractivity contribution in [3.05, 3.63) is 64.8 Å². The Hall–Kier alpha value is -3.22. The molecule has 7 heteroatoms. The molecule has 1 unspecified atom stereocenters. The number of azo groups is 1. The van der Waals surface area contributed by atoms with Crippen LogP contribution in [0.3, 0.4) is 0 Å². The van der Waals surface area contributed by atoms with Crippen molar-refractivity contribution < 1.29 is 4.79 Å². The van der Waals surface area contributed by atoms with Gasteiger partial charge in [0.15, 0.2) is 6.17 Å². The fourth-order valence-electron chi connectivity index (χ4n) is 5.56. The molecular weight excluding hydrogens is 400 g/mol. The van der Waals surface area contributed by atoms with E-state index in [1.807, 2.05) is 43.0 Å². The number of rotatable bonds is 3. The van der Waals surface area contributed by atoms with E-state index in [2.05, 4.69) is 65.7 Å². The SMILES string of the molecule is CC[C@@]1(c2cccc(-c3cn(C)nc3C)c2)C2=CN=NC2NC2=C1C(=O)N(C)C(C)(C)C2. The molecule has 2 aromatic rings. The zero-order valence-corrected chi connectivity index (χ0v) is 19.6.